The number of aromatic nitrogens is 4. The fourth-order valence-electron chi connectivity index (χ4n) is 9.06. The molecule has 6 heterocycles. The van der Waals surface area contributed by atoms with Crippen molar-refractivity contribution < 1.29 is 43.0 Å². The molecule has 0 spiro atoms. The van der Waals surface area contributed by atoms with Gasteiger partial charge in [-0.15, -0.1) is 0 Å². The fraction of sp³-hybridized carbons (Fsp3) is 0.478. The van der Waals surface area contributed by atoms with Gasteiger partial charge in [-0.25, -0.2) is 9.97 Å². The SMILES string of the molecule is CC(=O)c1c(C)c2cnc(Nc3ccc(N4CCN(C(=O)CCOCCOCCOCCNc5cccc6c5C(=O)N(C5CCC(=O)NC5=O)C6=O)CC4)cn3)nc2n(C2CCCC2)c1=O. The number of fused-ring (bicyclic) bond motifs is 2. The fourth-order valence-corrected chi connectivity index (χ4v) is 9.06. The topological polar surface area (TPSA) is 237 Å². The van der Waals surface area contributed by atoms with Gasteiger partial charge in [0.15, 0.2) is 5.78 Å². The van der Waals surface area contributed by atoms with Crippen LogP contribution in [-0.4, -0.2) is 143 Å². The Kier molecular flexibility index (Phi) is 14.4. The summed E-state index contributed by atoms with van der Waals surface area (Å²) < 4.78 is 18.6. The van der Waals surface area contributed by atoms with Gasteiger partial charge in [-0.3, -0.25) is 48.3 Å². The third-order valence-corrected chi connectivity index (χ3v) is 12.5. The highest BCUT2D eigenvalue weighted by Gasteiger charge is 2.45. The number of hydrogen-bond acceptors (Lipinski definition) is 16. The van der Waals surface area contributed by atoms with Crippen molar-refractivity contribution in [3.63, 3.8) is 0 Å². The second-order valence-corrected chi connectivity index (χ2v) is 16.7. The summed E-state index contributed by atoms with van der Waals surface area (Å²) in [6, 6.07) is 7.64. The Morgan fingerprint density at radius 1 is 0.833 bits per heavy atom. The molecule has 1 aliphatic carbocycles. The Bertz CT molecular complexity index is 2570. The van der Waals surface area contributed by atoms with Gasteiger partial charge < -0.3 is 34.6 Å². The number of benzene rings is 1. The van der Waals surface area contributed by atoms with E-state index < -0.39 is 29.7 Å². The van der Waals surface area contributed by atoms with Crippen LogP contribution < -0.4 is 26.4 Å². The van der Waals surface area contributed by atoms with E-state index in [0.29, 0.717) is 99.8 Å². The molecule has 1 atom stereocenters. The van der Waals surface area contributed by atoms with E-state index >= 15 is 0 Å². The first-order valence-electron chi connectivity index (χ1n) is 22.5. The third-order valence-electron chi connectivity index (χ3n) is 12.5. The number of anilines is 4. The van der Waals surface area contributed by atoms with Crippen LogP contribution in [0.1, 0.15) is 94.5 Å². The van der Waals surface area contributed by atoms with Gasteiger partial charge in [0, 0.05) is 62.5 Å². The lowest BCUT2D eigenvalue weighted by Crippen LogP contribution is -2.54. The van der Waals surface area contributed by atoms with Gasteiger partial charge in [0.2, 0.25) is 23.7 Å². The molecule has 1 unspecified atom stereocenters. The van der Waals surface area contributed by atoms with Crippen LogP contribution in [0, 0.1) is 6.92 Å². The Morgan fingerprint density at radius 3 is 2.26 bits per heavy atom. The minimum Gasteiger partial charge on any atom is -0.382 e. The van der Waals surface area contributed by atoms with Crippen LogP contribution in [0.25, 0.3) is 11.0 Å². The van der Waals surface area contributed by atoms with E-state index in [2.05, 4.69) is 30.8 Å². The summed E-state index contributed by atoms with van der Waals surface area (Å²) in [6.07, 6.45) is 7.60. The van der Waals surface area contributed by atoms with Crippen LogP contribution in [0.5, 0.6) is 0 Å². The Labute approximate surface area is 380 Å². The van der Waals surface area contributed by atoms with Crippen molar-refractivity contribution in [3.8, 4) is 0 Å². The van der Waals surface area contributed by atoms with E-state index in [-0.39, 0.29) is 65.9 Å². The zero-order valence-electron chi connectivity index (χ0n) is 37.1. The highest BCUT2D eigenvalue weighted by Crippen LogP contribution is 2.34. The van der Waals surface area contributed by atoms with Gasteiger partial charge in [0.05, 0.1) is 74.6 Å². The Hall–Kier alpha value is -6.64. The molecular weight excluding hydrogens is 853 g/mol. The second kappa shape index (κ2) is 20.7. The lowest BCUT2D eigenvalue weighted by molar-refractivity contribution is -0.136. The monoisotopic (exact) mass is 906 g/mol. The number of rotatable bonds is 19. The number of nitrogens with one attached hydrogen (secondary N) is 3. The molecule has 4 aromatic rings. The van der Waals surface area contributed by atoms with E-state index in [1.807, 2.05) is 17.0 Å². The van der Waals surface area contributed by atoms with Crippen molar-refractivity contribution in [3.05, 3.63) is 75.3 Å². The van der Waals surface area contributed by atoms with Crippen LogP contribution >= 0.6 is 0 Å². The maximum absolute atomic E-state index is 13.6. The first-order valence-corrected chi connectivity index (χ1v) is 22.5. The number of ether oxygens (including phenoxy) is 3. The lowest BCUT2D eigenvalue weighted by atomic mass is 10.0. The average molecular weight is 907 g/mol. The molecule has 1 aromatic carbocycles. The van der Waals surface area contributed by atoms with E-state index in [9.17, 15) is 33.6 Å². The maximum atomic E-state index is 13.6. The summed E-state index contributed by atoms with van der Waals surface area (Å²) in [5.74, 6) is -1.61. The number of ketones is 1. The number of pyridine rings is 2. The molecule has 3 aliphatic heterocycles. The molecule has 3 N–H and O–H groups in total. The number of amides is 5. The molecule has 0 bridgehead atoms. The van der Waals surface area contributed by atoms with Gasteiger partial charge in [0.1, 0.15) is 17.5 Å². The van der Waals surface area contributed by atoms with Gasteiger partial charge in [-0.2, -0.15) is 4.98 Å². The molecule has 66 heavy (non-hydrogen) atoms. The summed E-state index contributed by atoms with van der Waals surface area (Å²) in [7, 11) is 0. The second-order valence-electron chi connectivity index (χ2n) is 16.7. The minimum absolute atomic E-state index is 0.0151. The van der Waals surface area contributed by atoms with Gasteiger partial charge in [-0.1, -0.05) is 18.9 Å². The summed E-state index contributed by atoms with van der Waals surface area (Å²) in [5.41, 5.74) is 2.78. The van der Waals surface area contributed by atoms with Crippen LogP contribution in [0.3, 0.4) is 0 Å². The molecule has 8 rings (SSSR count). The summed E-state index contributed by atoms with van der Waals surface area (Å²) in [4.78, 5) is 108. The minimum atomic E-state index is -1.03. The zero-order chi connectivity index (χ0) is 46.3. The van der Waals surface area contributed by atoms with Crippen molar-refractivity contribution in [2.45, 2.75) is 70.9 Å². The van der Waals surface area contributed by atoms with Gasteiger partial charge in [-0.05, 0) is 62.9 Å². The molecule has 1 saturated carbocycles. The van der Waals surface area contributed by atoms with Crippen LogP contribution in [-0.2, 0) is 28.6 Å². The molecule has 0 radical (unpaired) electrons. The predicted molar refractivity (Wildman–Crippen MR) is 241 cm³/mol. The van der Waals surface area contributed by atoms with Crippen molar-refractivity contribution in [2.75, 3.05) is 87.9 Å². The van der Waals surface area contributed by atoms with E-state index in [4.69, 9.17) is 19.2 Å². The number of piperidine rings is 1. The summed E-state index contributed by atoms with van der Waals surface area (Å²) in [6.45, 7) is 7.93. The lowest BCUT2D eigenvalue weighted by Gasteiger charge is -2.36. The summed E-state index contributed by atoms with van der Waals surface area (Å²) >= 11 is 0. The van der Waals surface area contributed by atoms with Crippen molar-refractivity contribution in [2.24, 2.45) is 0 Å². The molecule has 3 aromatic heterocycles. The van der Waals surface area contributed by atoms with Crippen LogP contribution in [0.2, 0.25) is 0 Å². The first-order chi connectivity index (χ1) is 32.0. The molecule has 348 valence electrons. The number of aryl methyl sites for hydroxylation is 1. The first kappa shape index (κ1) is 45.9. The number of Topliss-reactive ketones (excluding diaryl/α,β-unsaturated/α-hetero) is 1. The molecule has 5 amide bonds. The largest absolute Gasteiger partial charge is 0.382 e. The van der Waals surface area contributed by atoms with Gasteiger partial charge in [0.25, 0.3) is 17.4 Å². The number of carbonyl (C=O) groups is 6. The number of imide groups is 2. The molecule has 20 heteroatoms. The van der Waals surface area contributed by atoms with Gasteiger partial charge >= 0.3 is 0 Å². The van der Waals surface area contributed by atoms with E-state index in [1.165, 1.54) is 6.92 Å². The molecule has 2 saturated heterocycles. The van der Waals surface area contributed by atoms with Crippen molar-refractivity contribution in [1.82, 2.24) is 34.6 Å². The molecule has 20 nitrogen and oxygen atoms in total. The maximum Gasteiger partial charge on any atom is 0.264 e. The number of nitrogens with zero attached hydrogens (tertiary/aromatic N) is 7. The smallest absolute Gasteiger partial charge is 0.264 e. The van der Waals surface area contributed by atoms with E-state index in [0.717, 1.165) is 36.3 Å². The number of piperazine rings is 1. The van der Waals surface area contributed by atoms with Crippen molar-refractivity contribution in [1.29, 1.82) is 0 Å². The zero-order valence-corrected chi connectivity index (χ0v) is 37.1. The molecule has 4 aliphatic rings. The molecular formula is C46H54N10O10. The number of carbonyl (C=O) groups excluding carboxylic acids is 6. The quantitative estimate of drug-likeness (QED) is 0.0696. The van der Waals surface area contributed by atoms with Crippen LogP contribution in [0.4, 0.5) is 23.1 Å². The highest BCUT2D eigenvalue weighted by molar-refractivity contribution is 6.25. The third kappa shape index (κ3) is 9.94. The normalized spacial score (nSPS) is 17.7. The standard InChI is InChI=1S/C46H54N10O10/c1-28-33-27-49-46(52-41(33)55(30-6-3-4-7-30)44(62)39(28)29(2)57)50-36-12-10-31(26-48-36)53-16-18-54(19-17-53)38(59)14-20-64-22-24-66-25-23-65-21-15-47-34-9-5-8-32-40(34)45(63)56(43(32)61)35-11-13-37(58)51-42(35)60/h5,8-10,12,26-27,30,35,47H,3-4,6-7,11,13-25H2,1-2H3,(H,51,58,60)(H,48,49,50,52). The van der Waals surface area contributed by atoms with Crippen molar-refractivity contribution >= 4 is 69.5 Å². The average Bonchev–Trinajstić information content (AvgIpc) is 3.93. The van der Waals surface area contributed by atoms with E-state index in [1.54, 1.807) is 42.1 Å². The van der Waals surface area contributed by atoms with Crippen LogP contribution in [0.15, 0.2) is 47.5 Å². The predicted octanol–water partition coefficient (Wildman–Crippen LogP) is 3.16. The Morgan fingerprint density at radius 2 is 1.56 bits per heavy atom. The summed E-state index contributed by atoms with van der Waals surface area (Å²) in [5, 5.41) is 9.18. The molecule has 3 fully saturated rings. The number of hydrogen-bond donors (Lipinski definition) is 3. The highest BCUT2D eigenvalue weighted by atomic mass is 16.5. The Balaban J connectivity index is 0.693.